The number of benzene rings is 2. The Hall–Kier alpha value is -1.68. The van der Waals surface area contributed by atoms with Gasteiger partial charge in [0.05, 0.1) is 5.56 Å². The molecule has 4 heteroatoms. The molecule has 0 fully saturated rings. The summed E-state index contributed by atoms with van der Waals surface area (Å²) >= 11 is 3.35. The summed E-state index contributed by atoms with van der Waals surface area (Å²) in [6, 6.07) is 11.6. The Balaban J connectivity index is 2.15. The molecule has 2 aromatic carbocycles. The maximum absolute atomic E-state index is 13.1. The highest BCUT2D eigenvalue weighted by Gasteiger charge is 2.10. The molecule has 0 amide bonds. The first-order valence-corrected chi connectivity index (χ1v) is 6.53. The van der Waals surface area contributed by atoms with Crippen LogP contribution < -0.4 is 4.74 Å². The summed E-state index contributed by atoms with van der Waals surface area (Å²) < 4.78 is 19.7. The first kappa shape index (κ1) is 13.7. The number of hydrogen-bond acceptors (Lipinski definition) is 2. The van der Waals surface area contributed by atoms with Crippen LogP contribution in [0.1, 0.15) is 22.8 Å². The highest BCUT2D eigenvalue weighted by atomic mass is 79.9. The summed E-state index contributed by atoms with van der Waals surface area (Å²) in [6.07, 6.45) is 0. The summed E-state index contributed by atoms with van der Waals surface area (Å²) in [7, 11) is 0. The van der Waals surface area contributed by atoms with Crippen LogP contribution in [-0.2, 0) is 6.61 Å². The Morgan fingerprint density at radius 3 is 2.53 bits per heavy atom. The molecular formula is C15H12BrFO2. The lowest BCUT2D eigenvalue weighted by Gasteiger charge is -2.10. The number of hydrogen-bond donors (Lipinski definition) is 0. The summed E-state index contributed by atoms with van der Waals surface area (Å²) in [4.78, 5) is 11.4. The molecule has 98 valence electrons. The van der Waals surface area contributed by atoms with E-state index in [9.17, 15) is 9.18 Å². The number of halogens is 2. The monoisotopic (exact) mass is 322 g/mol. The molecule has 2 nitrogen and oxygen atoms in total. The number of carbonyl (C=O) groups excluding carboxylic acids is 1. The second-order valence-corrected chi connectivity index (χ2v) is 5.03. The van der Waals surface area contributed by atoms with Crippen LogP contribution in [0.3, 0.4) is 0 Å². The topological polar surface area (TPSA) is 26.3 Å². The molecule has 0 atom stereocenters. The van der Waals surface area contributed by atoms with Crippen LogP contribution in [-0.4, -0.2) is 5.78 Å². The predicted molar refractivity (Wildman–Crippen MR) is 74.9 cm³/mol. The molecule has 0 N–H and O–H groups in total. The standard InChI is InChI=1S/C15H12BrFO2/c1-10(18)14-8-13(17)6-7-15(14)19-9-11-2-4-12(16)5-3-11/h2-8H,9H2,1H3. The molecule has 0 unspecified atom stereocenters. The van der Waals surface area contributed by atoms with Crippen LogP contribution in [0, 0.1) is 5.82 Å². The van der Waals surface area contributed by atoms with Gasteiger partial charge in [-0.05, 0) is 42.8 Å². The zero-order chi connectivity index (χ0) is 13.8. The number of Topliss-reactive ketones (excluding diaryl/α,β-unsaturated/α-hetero) is 1. The molecule has 19 heavy (non-hydrogen) atoms. The van der Waals surface area contributed by atoms with Crippen LogP contribution in [0.2, 0.25) is 0 Å². The van der Waals surface area contributed by atoms with Crippen molar-refractivity contribution < 1.29 is 13.9 Å². The van der Waals surface area contributed by atoms with E-state index in [1.807, 2.05) is 24.3 Å². The minimum absolute atomic E-state index is 0.217. The molecule has 2 aromatic rings. The molecule has 0 spiro atoms. The average molecular weight is 323 g/mol. The van der Waals surface area contributed by atoms with Crippen LogP contribution in [0.25, 0.3) is 0 Å². The van der Waals surface area contributed by atoms with Gasteiger partial charge in [0.1, 0.15) is 18.2 Å². The Morgan fingerprint density at radius 1 is 1.21 bits per heavy atom. The van der Waals surface area contributed by atoms with Gasteiger partial charge in [-0.1, -0.05) is 28.1 Å². The van der Waals surface area contributed by atoms with Gasteiger partial charge in [0.15, 0.2) is 5.78 Å². The lowest BCUT2D eigenvalue weighted by Crippen LogP contribution is -2.02. The molecule has 0 aliphatic rings. The summed E-state index contributed by atoms with van der Waals surface area (Å²) in [6.45, 7) is 1.72. The maximum Gasteiger partial charge on any atom is 0.163 e. The van der Waals surface area contributed by atoms with Gasteiger partial charge in [-0.25, -0.2) is 4.39 Å². The number of ether oxygens (including phenoxy) is 1. The van der Waals surface area contributed by atoms with Crippen molar-refractivity contribution in [2.45, 2.75) is 13.5 Å². The van der Waals surface area contributed by atoms with E-state index < -0.39 is 5.82 Å². The first-order chi connectivity index (χ1) is 9.06. The van der Waals surface area contributed by atoms with E-state index in [0.29, 0.717) is 12.4 Å². The highest BCUT2D eigenvalue weighted by molar-refractivity contribution is 9.10. The van der Waals surface area contributed by atoms with Gasteiger partial charge in [-0.2, -0.15) is 0 Å². The summed E-state index contributed by atoms with van der Waals surface area (Å²) in [5.74, 6) is -0.261. The van der Waals surface area contributed by atoms with Gasteiger partial charge in [0.25, 0.3) is 0 Å². The number of carbonyl (C=O) groups is 1. The Bertz CT molecular complexity index is 594. The van der Waals surface area contributed by atoms with E-state index in [2.05, 4.69) is 15.9 Å². The maximum atomic E-state index is 13.1. The quantitative estimate of drug-likeness (QED) is 0.781. The fourth-order valence-corrected chi connectivity index (χ4v) is 1.91. The van der Waals surface area contributed by atoms with Crippen LogP contribution in [0.4, 0.5) is 4.39 Å². The van der Waals surface area contributed by atoms with Crippen LogP contribution in [0.5, 0.6) is 5.75 Å². The molecule has 0 aliphatic carbocycles. The SMILES string of the molecule is CC(=O)c1cc(F)ccc1OCc1ccc(Br)cc1. The predicted octanol–water partition coefficient (Wildman–Crippen LogP) is 4.37. The molecule has 0 saturated carbocycles. The molecule has 2 rings (SSSR count). The minimum Gasteiger partial charge on any atom is -0.488 e. The number of ketones is 1. The summed E-state index contributed by atoms with van der Waals surface area (Å²) in [5, 5.41) is 0. The first-order valence-electron chi connectivity index (χ1n) is 5.74. The van der Waals surface area contributed by atoms with Gasteiger partial charge in [-0.15, -0.1) is 0 Å². The van der Waals surface area contributed by atoms with E-state index in [1.54, 1.807) is 0 Å². The summed E-state index contributed by atoms with van der Waals surface area (Å²) in [5.41, 5.74) is 1.24. The Morgan fingerprint density at radius 2 is 1.89 bits per heavy atom. The van der Waals surface area contributed by atoms with E-state index in [1.165, 1.54) is 25.1 Å². The third-order valence-electron chi connectivity index (χ3n) is 2.63. The second kappa shape index (κ2) is 5.97. The largest absolute Gasteiger partial charge is 0.488 e. The van der Waals surface area contributed by atoms with Crippen molar-refractivity contribution in [3.05, 3.63) is 63.9 Å². The molecule has 0 heterocycles. The molecule has 0 radical (unpaired) electrons. The van der Waals surface area contributed by atoms with Crippen molar-refractivity contribution in [3.8, 4) is 5.75 Å². The fourth-order valence-electron chi connectivity index (χ4n) is 1.64. The minimum atomic E-state index is -0.443. The van der Waals surface area contributed by atoms with Crippen molar-refractivity contribution in [1.82, 2.24) is 0 Å². The highest BCUT2D eigenvalue weighted by Crippen LogP contribution is 2.22. The lowest BCUT2D eigenvalue weighted by atomic mass is 10.1. The lowest BCUT2D eigenvalue weighted by molar-refractivity contribution is 0.101. The van der Waals surface area contributed by atoms with Crippen LogP contribution >= 0.6 is 15.9 Å². The van der Waals surface area contributed by atoms with Gasteiger partial charge in [0.2, 0.25) is 0 Å². The van der Waals surface area contributed by atoms with E-state index >= 15 is 0 Å². The third kappa shape index (κ3) is 3.64. The normalized spacial score (nSPS) is 10.3. The molecular weight excluding hydrogens is 311 g/mol. The Kier molecular flexibility index (Phi) is 4.32. The number of rotatable bonds is 4. The smallest absolute Gasteiger partial charge is 0.163 e. The second-order valence-electron chi connectivity index (χ2n) is 4.11. The van der Waals surface area contributed by atoms with Crippen LogP contribution in [0.15, 0.2) is 46.9 Å². The van der Waals surface area contributed by atoms with Gasteiger partial charge in [-0.3, -0.25) is 4.79 Å². The Labute approximate surface area is 119 Å². The molecule has 0 aliphatic heterocycles. The van der Waals surface area contributed by atoms with Crippen molar-refractivity contribution in [2.75, 3.05) is 0 Å². The van der Waals surface area contributed by atoms with Crippen molar-refractivity contribution in [2.24, 2.45) is 0 Å². The van der Waals surface area contributed by atoms with E-state index in [0.717, 1.165) is 10.0 Å². The third-order valence-corrected chi connectivity index (χ3v) is 3.16. The van der Waals surface area contributed by atoms with E-state index in [4.69, 9.17) is 4.74 Å². The van der Waals surface area contributed by atoms with Crippen molar-refractivity contribution in [1.29, 1.82) is 0 Å². The van der Waals surface area contributed by atoms with E-state index in [-0.39, 0.29) is 11.3 Å². The van der Waals surface area contributed by atoms with Gasteiger partial charge >= 0.3 is 0 Å². The van der Waals surface area contributed by atoms with Gasteiger partial charge < -0.3 is 4.74 Å². The van der Waals surface area contributed by atoms with Crippen molar-refractivity contribution in [3.63, 3.8) is 0 Å². The zero-order valence-electron chi connectivity index (χ0n) is 10.3. The fraction of sp³-hybridized carbons (Fsp3) is 0.133. The molecule has 0 saturated heterocycles. The molecule has 0 aromatic heterocycles. The zero-order valence-corrected chi connectivity index (χ0v) is 11.9. The molecule has 0 bridgehead atoms. The van der Waals surface area contributed by atoms with Crippen molar-refractivity contribution >= 4 is 21.7 Å². The van der Waals surface area contributed by atoms with Gasteiger partial charge in [0, 0.05) is 4.47 Å². The average Bonchev–Trinajstić information content (AvgIpc) is 2.39.